The van der Waals surface area contributed by atoms with Crippen molar-refractivity contribution in [2.45, 2.75) is 18.6 Å². The number of aliphatic hydroxyl groups is 1. The van der Waals surface area contributed by atoms with Gasteiger partial charge in [-0.25, -0.2) is 4.79 Å². The SMILES string of the molecule is O=C(O)C1CC(O)CN1C(=O)c1cccc(Cl)c1[N+](=O)[O-]. The zero-order valence-corrected chi connectivity index (χ0v) is 11.4. The van der Waals surface area contributed by atoms with Crippen molar-refractivity contribution in [1.82, 2.24) is 4.90 Å². The Hall–Kier alpha value is -2.19. The lowest BCUT2D eigenvalue weighted by atomic mass is 10.1. The highest BCUT2D eigenvalue weighted by molar-refractivity contribution is 6.33. The minimum atomic E-state index is -1.27. The summed E-state index contributed by atoms with van der Waals surface area (Å²) < 4.78 is 0. The number of para-hydroxylation sites is 1. The maximum absolute atomic E-state index is 12.4. The molecule has 1 aliphatic heterocycles. The van der Waals surface area contributed by atoms with Crippen LogP contribution < -0.4 is 0 Å². The molecular formula is C12H11ClN2O6. The summed E-state index contributed by atoms with van der Waals surface area (Å²) in [6.07, 6.45) is -1.09. The Morgan fingerprint density at radius 2 is 2.10 bits per heavy atom. The van der Waals surface area contributed by atoms with Gasteiger partial charge in [0.25, 0.3) is 5.91 Å². The minimum Gasteiger partial charge on any atom is -0.480 e. The molecule has 1 fully saturated rings. The molecule has 1 heterocycles. The average Bonchev–Trinajstić information content (AvgIpc) is 2.79. The lowest BCUT2D eigenvalue weighted by Gasteiger charge is -2.21. The van der Waals surface area contributed by atoms with Crippen LogP contribution in [0.2, 0.25) is 5.02 Å². The quantitative estimate of drug-likeness (QED) is 0.631. The molecule has 1 amide bonds. The van der Waals surface area contributed by atoms with E-state index in [4.69, 9.17) is 16.7 Å². The van der Waals surface area contributed by atoms with E-state index in [-0.39, 0.29) is 23.6 Å². The molecule has 112 valence electrons. The first-order valence-electron chi connectivity index (χ1n) is 5.97. The van der Waals surface area contributed by atoms with Gasteiger partial charge in [-0.2, -0.15) is 0 Å². The lowest BCUT2D eigenvalue weighted by Crippen LogP contribution is -2.40. The number of carbonyl (C=O) groups excluding carboxylic acids is 1. The number of β-amino-alcohol motifs (C(OH)–C–C–N with tert-alkyl or cyclic N) is 1. The van der Waals surface area contributed by atoms with Gasteiger partial charge in [-0.3, -0.25) is 14.9 Å². The standard InChI is InChI=1S/C12H11ClN2O6/c13-8-3-1-2-7(10(8)15(20)21)11(17)14-5-6(16)4-9(14)12(18)19/h1-3,6,9,16H,4-5H2,(H,18,19). The Morgan fingerprint density at radius 1 is 1.43 bits per heavy atom. The van der Waals surface area contributed by atoms with Crippen molar-refractivity contribution in [3.05, 3.63) is 38.9 Å². The smallest absolute Gasteiger partial charge is 0.326 e. The van der Waals surface area contributed by atoms with Gasteiger partial charge in [0, 0.05) is 13.0 Å². The van der Waals surface area contributed by atoms with E-state index in [2.05, 4.69) is 0 Å². The normalized spacial score (nSPS) is 21.3. The molecule has 21 heavy (non-hydrogen) atoms. The first kappa shape index (κ1) is 15.2. The molecule has 9 heteroatoms. The molecular weight excluding hydrogens is 304 g/mol. The highest BCUT2D eigenvalue weighted by Gasteiger charge is 2.41. The fourth-order valence-corrected chi connectivity index (χ4v) is 2.54. The van der Waals surface area contributed by atoms with Crippen molar-refractivity contribution >= 4 is 29.2 Å². The third kappa shape index (κ3) is 2.81. The van der Waals surface area contributed by atoms with Crippen molar-refractivity contribution in [2.75, 3.05) is 6.54 Å². The molecule has 0 spiro atoms. The van der Waals surface area contributed by atoms with Crippen LogP contribution in [-0.2, 0) is 4.79 Å². The second-order valence-electron chi connectivity index (χ2n) is 4.59. The van der Waals surface area contributed by atoms with Crippen LogP contribution in [0.25, 0.3) is 0 Å². The molecule has 2 atom stereocenters. The van der Waals surface area contributed by atoms with E-state index in [0.717, 1.165) is 4.90 Å². The van der Waals surface area contributed by atoms with Crippen LogP contribution in [0, 0.1) is 10.1 Å². The van der Waals surface area contributed by atoms with Crippen LogP contribution in [-0.4, -0.2) is 50.6 Å². The van der Waals surface area contributed by atoms with E-state index in [1.807, 2.05) is 0 Å². The average molecular weight is 315 g/mol. The first-order chi connectivity index (χ1) is 9.82. The van der Waals surface area contributed by atoms with Crippen LogP contribution in [0.5, 0.6) is 0 Å². The molecule has 2 unspecified atom stereocenters. The van der Waals surface area contributed by atoms with E-state index < -0.39 is 34.6 Å². The predicted octanol–water partition coefficient (Wildman–Crippen LogP) is 0.908. The number of aliphatic carboxylic acids is 1. The van der Waals surface area contributed by atoms with Crippen molar-refractivity contribution in [1.29, 1.82) is 0 Å². The van der Waals surface area contributed by atoms with E-state index >= 15 is 0 Å². The van der Waals surface area contributed by atoms with Gasteiger partial charge in [-0.05, 0) is 12.1 Å². The Kier molecular flexibility index (Phi) is 4.10. The van der Waals surface area contributed by atoms with Crippen LogP contribution in [0.3, 0.4) is 0 Å². The fraction of sp³-hybridized carbons (Fsp3) is 0.333. The molecule has 0 aromatic heterocycles. The predicted molar refractivity (Wildman–Crippen MR) is 71.2 cm³/mol. The lowest BCUT2D eigenvalue weighted by molar-refractivity contribution is -0.385. The van der Waals surface area contributed by atoms with E-state index in [1.165, 1.54) is 18.2 Å². The largest absolute Gasteiger partial charge is 0.480 e. The fourth-order valence-electron chi connectivity index (χ4n) is 2.30. The molecule has 1 aromatic carbocycles. The van der Waals surface area contributed by atoms with Crippen LogP contribution in [0.15, 0.2) is 18.2 Å². The molecule has 1 aromatic rings. The minimum absolute atomic E-state index is 0.116. The molecule has 0 radical (unpaired) electrons. The topological polar surface area (TPSA) is 121 Å². The highest BCUT2D eigenvalue weighted by Crippen LogP contribution is 2.31. The van der Waals surface area contributed by atoms with Crippen molar-refractivity contribution < 1.29 is 24.7 Å². The molecule has 2 rings (SSSR count). The summed E-state index contributed by atoms with van der Waals surface area (Å²) in [6, 6.07) is 2.62. The summed E-state index contributed by atoms with van der Waals surface area (Å²) in [5, 5.41) is 29.4. The third-order valence-electron chi connectivity index (χ3n) is 3.22. The number of carbonyl (C=O) groups is 2. The Balaban J connectivity index is 2.43. The summed E-state index contributed by atoms with van der Waals surface area (Å²) in [4.78, 5) is 34.6. The van der Waals surface area contributed by atoms with Gasteiger partial charge in [0.2, 0.25) is 0 Å². The number of rotatable bonds is 3. The monoisotopic (exact) mass is 314 g/mol. The zero-order valence-electron chi connectivity index (χ0n) is 10.6. The van der Waals surface area contributed by atoms with Gasteiger partial charge >= 0.3 is 11.7 Å². The Morgan fingerprint density at radius 3 is 2.67 bits per heavy atom. The van der Waals surface area contributed by atoms with Gasteiger partial charge in [-0.1, -0.05) is 17.7 Å². The van der Waals surface area contributed by atoms with Gasteiger partial charge in [0.05, 0.1) is 11.0 Å². The second-order valence-corrected chi connectivity index (χ2v) is 5.00. The Labute approximate surface area is 123 Å². The third-order valence-corrected chi connectivity index (χ3v) is 3.53. The number of hydrogen-bond donors (Lipinski definition) is 2. The van der Waals surface area contributed by atoms with Crippen LogP contribution in [0.4, 0.5) is 5.69 Å². The molecule has 0 bridgehead atoms. The molecule has 8 nitrogen and oxygen atoms in total. The van der Waals surface area contributed by atoms with Crippen molar-refractivity contribution in [3.8, 4) is 0 Å². The number of benzene rings is 1. The molecule has 2 N–H and O–H groups in total. The Bertz CT molecular complexity index is 620. The highest BCUT2D eigenvalue weighted by atomic mass is 35.5. The van der Waals surface area contributed by atoms with E-state index in [9.17, 15) is 24.8 Å². The molecule has 1 aliphatic rings. The molecule has 1 saturated heterocycles. The number of nitrogens with zero attached hydrogens (tertiary/aromatic N) is 2. The number of likely N-dealkylation sites (tertiary alicyclic amines) is 1. The van der Waals surface area contributed by atoms with E-state index in [1.54, 1.807) is 0 Å². The number of aliphatic hydroxyl groups excluding tert-OH is 1. The number of hydrogen-bond acceptors (Lipinski definition) is 5. The number of nitro benzene ring substituents is 1. The first-order valence-corrected chi connectivity index (χ1v) is 6.35. The number of carboxylic acid groups (broad SMARTS) is 1. The van der Waals surface area contributed by atoms with Gasteiger partial charge in [0.1, 0.15) is 16.6 Å². The second kappa shape index (κ2) is 5.66. The van der Waals surface area contributed by atoms with Gasteiger partial charge < -0.3 is 15.1 Å². The summed E-state index contributed by atoms with van der Waals surface area (Å²) in [5.41, 5.74) is -0.873. The number of amides is 1. The van der Waals surface area contributed by atoms with E-state index in [0.29, 0.717) is 0 Å². The van der Waals surface area contributed by atoms with Gasteiger partial charge in [0.15, 0.2) is 0 Å². The summed E-state index contributed by atoms with van der Waals surface area (Å²) in [6.45, 7) is -0.195. The number of halogens is 1. The van der Waals surface area contributed by atoms with Crippen LogP contribution >= 0.6 is 11.6 Å². The summed E-state index contributed by atoms with van der Waals surface area (Å²) >= 11 is 5.72. The van der Waals surface area contributed by atoms with Gasteiger partial charge in [-0.15, -0.1) is 0 Å². The number of carboxylic acids is 1. The van der Waals surface area contributed by atoms with Crippen molar-refractivity contribution in [3.63, 3.8) is 0 Å². The molecule has 0 saturated carbocycles. The summed E-state index contributed by atoms with van der Waals surface area (Å²) in [5.74, 6) is -2.11. The van der Waals surface area contributed by atoms with Crippen LogP contribution in [0.1, 0.15) is 16.8 Å². The maximum Gasteiger partial charge on any atom is 0.326 e. The summed E-state index contributed by atoms with van der Waals surface area (Å²) in [7, 11) is 0. The van der Waals surface area contributed by atoms with Crippen molar-refractivity contribution in [2.24, 2.45) is 0 Å². The zero-order chi connectivity index (χ0) is 15.7. The number of nitro groups is 1. The molecule has 0 aliphatic carbocycles. The maximum atomic E-state index is 12.4.